The van der Waals surface area contributed by atoms with Crippen LogP contribution in [0, 0.1) is 0 Å². The number of piperidine rings is 1. The van der Waals surface area contributed by atoms with Crippen LogP contribution in [0.5, 0.6) is 0 Å². The van der Waals surface area contributed by atoms with Crippen LogP contribution in [0.3, 0.4) is 0 Å². The second-order valence-electron chi connectivity index (χ2n) is 4.50. The normalized spacial score (nSPS) is 18.8. The molecule has 0 aromatic heterocycles. The summed E-state index contributed by atoms with van der Waals surface area (Å²) in [5.41, 5.74) is 5.40. The summed E-state index contributed by atoms with van der Waals surface area (Å²) in [5, 5.41) is 0. The van der Waals surface area contributed by atoms with Gasteiger partial charge >= 0.3 is 0 Å². The Balaban J connectivity index is 2.28. The molecule has 19 heavy (non-hydrogen) atoms. The van der Waals surface area contributed by atoms with Crippen LogP contribution in [0.1, 0.15) is 19.3 Å². The van der Waals surface area contributed by atoms with Crippen LogP contribution in [-0.2, 0) is 19.7 Å². The minimum atomic E-state index is -3.38. The van der Waals surface area contributed by atoms with Gasteiger partial charge in [-0.05, 0) is 25.8 Å². The summed E-state index contributed by atoms with van der Waals surface area (Å²) in [6, 6.07) is 0. The first kappa shape index (κ1) is 16.8. The number of nitrogens with zero attached hydrogens (tertiary/aromatic N) is 1. The fraction of sp³-hybridized carbons (Fsp3) is 1.00. The third-order valence-electron chi connectivity index (χ3n) is 3.03. The van der Waals surface area contributed by atoms with Gasteiger partial charge in [-0.2, -0.15) is 17.4 Å². The molecule has 0 unspecified atom stereocenters. The first-order chi connectivity index (χ1) is 9.10. The predicted octanol–water partition coefficient (Wildman–Crippen LogP) is -0.703. The molecule has 0 bridgehead atoms. The zero-order valence-electron chi connectivity index (χ0n) is 11.5. The quantitative estimate of drug-likeness (QED) is 0.548. The zero-order valence-corrected chi connectivity index (χ0v) is 12.3. The Labute approximate surface area is 115 Å². The molecule has 8 heteroatoms. The molecule has 0 radical (unpaired) electrons. The molecule has 3 N–H and O–H groups in total. The summed E-state index contributed by atoms with van der Waals surface area (Å²) in [6.45, 7) is 2.94. The van der Waals surface area contributed by atoms with Crippen molar-refractivity contribution in [3.8, 4) is 0 Å². The van der Waals surface area contributed by atoms with Crippen molar-refractivity contribution in [1.29, 1.82) is 0 Å². The van der Waals surface area contributed by atoms with Crippen molar-refractivity contribution in [1.82, 2.24) is 9.03 Å². The Morgan fingerprint density at radius 1 is 1.32 bits per heavy atom. The van der Waals surface area contributed by atoms with E-state index < -0.39 is 10.2 Å². The monoisotopic (exact) mass is 295 g/mol. The third kappa shape index (κ3) is 6.15. The van der Waals surface area contributed by atoms with Crippen LogP contribution in [-0.4, -0.2) is 65.3 Å². The van der Waals surface area contributed by atoms with E-state index in [-0.39, 0.29) is 6.10 Å². The first-order valence-electron chi connectivity index (χ1n) is 6.65. The molecular weight excluding hydrogens is 270 g/mol. The number of nitrogens with two attached hydrogens (primary N) is 1. The van der Waals surface area contributed by atoms with E-state index in [1.54, 1.807) is 7.11 Å². The highest BCUT2D eigenvalue weighted by molar-refractivity contribution is 7.87. The van der Waals surface area contributed by atoms with Crippen molar-refractivity contribution in [2.45, 2.75) is 25.4 Å². The fourth-order valence-electron chi connectivity index (χ4n) is 1.94. The molecule has 1 aliphatic rings. The highest BCUT2D eigenvalue weighted by Crippen LogP contribution is 2.16. The molecule has 0 aliphatic carbocycles. The van der Waals surface area contributed by atoms with Crippen LogP contribution < -0.4 is 10.5 Å². The van der Waals surface area contributed by atoms with Crippen LogP contribution in [0.25, 0.3) is 0 Å². The summed E-state index contributed by atoms with van der Waals surface area (Å²) in [7, 11) is -1.84. The van der Waals surface area contributed by atoms with Gasteiger partial charge in [0.15, 0.2) is 0 Å². The Bertz CT molecular complexity index is 329. The molecule has 1 fully saturated rings. The lowest BCUT2D eigenvalue weighted by molar-refractivity contribution is 0.0207. The van der Waals surface area contributed by atoms with Gasteiger partial charge in [0.05, 0.1) is 12.7 Å². The molecule has 0 atom stereocenters. The van der Waals surface area contributed by atoms with Crippen molar-refractivity contribution < 1.29 is 17.9 Å². The van der Waals surface area contributed by atoms with Crippen LogP contribution in [0.2, 0.25) is 0 Å². The summed E-state index contributed by atoms with van der Waals surface area (Å²) in [4.78, 5) is 0. The maximum absolute atomic E-state index is 11.9. The molecule has 7 nitrogen and oxygen atoms in total. The fourth-order valence-corrected chi connectivity index (χ4v) is 3.15. The predicted molar refractivity (Wildman–Crippen MR) is 73.0 cm³/mol. The lowest BCUT2D eigenvalue weighted by atomic mass is 10.1. The highest BCUT2D eigenvalue weighted by Gasteiger charge is 2.27. The average Bonchev–Trinajstić information content (AvgIpc) is 2.40. The summed E-state index contributed by atoms with van der Waals surface area (Å²) >= 11 is 0. The SMILES string of the molecule is COCCNS(=O)(=O)N1CCC(OCCCN)CC1. The van der Waals surface area contributed by atoms with Crippen LogP contribution in [0.4, 0.5) is 0 Å². The molecule has 1 saturated heterocycles. The molecule has 0 saturated carbocycles. The number of ether oxygens (including phenoxy) is 2. The van der Waals surface area contributed by atoms with Crippen molar-refractivity contribution in [2.24, 2.45) is 5.73 Å². The number of hydrogen-bond acceptors (Lipinski definition) is 5. The van der Waals surface area contributed by atoms with Crippen LogP contribution in [0.15, 0.2) is 0 Å². The Morgan fingerprint density at radius 2 is 2.00 bits per heavy atom. The van der Waals surface area contributed by atoms with Gasteiger partial charge in [-0.25, -0.2) is 0 Å². The largest absolute Gasteiger partial charge is 0.383 e. The summed E-state index contributed by atoms with van der Waals surface area (Å²) in [5.74, 6) is 0. The van der Waals surface area contributed by atoms with E-state index in [0.717, 1.165) is 19.3 Å². The van der Waals surface area contributed by atoms with Crippen molar-refractivity contribution in [3.63, 3.8) is 0 Å². The Kier molecular flexibility index (Phi) is 7.81. The lowest BCUT2D eigenvalue weighted by Gasteiger charge is -2.31. The van der Waals surface area contributed by atoms with Crippen molar-refractivity contribution >= 4 is 10.2 Å². The van der Waals surface area contributed by atoms with Gasteiger partial charge in [0, 0.05) is 33.4 Å². The maximum atomic E-state index is 11.9. The van der Waals surface area contributed by atoms with E-state index in [1.165, 1.54) is 4.31 Å². The second-order valence-corrected chi connectivity index (χ2v) is 6.26. The van der Waals surface area contributed by atoms with Gasteiger partial charge in [-0.15, -0.1) is 0 Å². The minimum Gasteiger partial charge on any atom is -0.383 e. The first-order valence-corrected chi connectivity index (χ1v) is 8.09. The number of nitrogens with one attached hydrogen (secondary N) is 1. The van der Waals surface area contributed by atoms with Gasteiger partial charge in [0.2, 0.25) is 0 Å². The molecule has 0 amide bonds. The minimum absolute atomic E-state index is 0.150. The smallest absolute Gasteiger partial charge is 0.279 e. The van der Waals surface area contributed by atoms with Gasteiger partial charge in [-0.3, -0.25) is 0 Å². The molecule has 1 aliphatic heterocycles. The van der Waals surface area contributed by atoms with E-state index in [4.69, 9.17) is 15.2 Å². The molecule has 1 heterocycles. The second kappa shape index (κ2) is 8.83. The zero-order chi connectivity index (χ0) is 14.1. The van der Waals surface area contributed by atoms with Gasteiger partial charge in [-0.1, -0.05) is 0 Å². The highest BCUT2D eigenvalue weighted by atomic mass is 32.2. The lowest BCUT2D eigenvalue weighted by Crippen LogP contribution is -2.47. The maximum Gasteiger partial charge on any atom is 0.279 e. The Hall–Kier alpha value is -0.250. The molecule has 0 aromatic rings. The third-order valence-corrected chi connectivity index (χ3v) is 4.65. The number of hydrogen-bond donors (Lipinski definition) is 2. The van der Waals surface area contributed by atoms with Gasteiger partial charge < -0.3 is 15.2 Å². The van der Waals surface area contributed by atoms with E-state index in [9.17, 15) is 8.42 Å². The van der Waals surface area contributed by atoms with Crippen molar-refractivity contribution in [2.75, 3.05) is 46.5 Å². The van der Waals surface area contributed by atoms with Gasteiger partial charge in [0.25, 0.3) is 10.2 Å². The number of rotatable bonds is 9. The molecule has 114 valence electrons. The van der Waals surface area contributed by atoms with E-state index in [1.807, 2.05) is 0 Å². The van der Waals surface area contributed by atoms with E-state index in [2.05, 4.69) is 4.72 Å². The summed E-state index contributed by atoms with van der Waals surface area (Å²) < 4.78 is 38.3. The average molecular weight is 295 g/mol. The van der Waals surface area contributed by atoms with E-state index in [0.29, 0.717) is 39.4 Å². The number of methoxy groups -OCH3 is 1. The molecular formula is C11H25N3O4S. The summed E-state index contributed by atoms with van der Waals surface area (Å²) in [6.07, 6.45) is 2.46. The van der Waals surface area contributed by atoms with Crippen LogP contribution >= 0.6 is 0 Å². The van der Waals surface area contributed by atoms with E-state index >= 15 is 0 Å². The topological polar surface area (TPSA) is 93.9 Å². The van der Waals surface area contributed by atoms with Gasteiger partial charge in [0.1, 0.15) is 0 Å². The van der Waals surface area contributed by atoms with Crippen molar-refractivity contribution in [3.05, 3.63) is 0 Å². The Morgan fingerprint density at radius 3 is 2.58 bits per heavy atom. The molecule has 0 aromatic carbocycles. The molecule has 1 rings (SSSR count). The molecule has 0 spiro atoms. The standard InChI is InChI=1S/C11H25N3O4S/c1-17-10-6-13-19(15,16)14-7-3-11(4-8-14)18-9-2-5-12/h11,13H,2-10,12H2,1H3.